The van der Waals surface area contributed by atoms with Gasteiger partial charge in [-0.05, 0) is 17.7 Å². The molecule has 2 aromatic carbocycles. The van der Waals surface area contributed by atoms with Crippen molar-refractivity contribution in [1.82, 2.24) is 0 Å². The lowest BCUT2D eigenvalue weighted by Crippen LogP contribution is -2.11. The van der Waals surface area contributed by atoms with Gasteiger partial charge in [0.1, 0.15) is 6.61 Å². The Hall–Kier alpha value is -2.40. The molecule has 0 bridgehead atoms. The highest BCUT2D eigenvalue weighted by atomic mass is 32.2. The van der Waals surface area contributed by atoms with Crippen LogP contribution in [0.15, 0.2) is 77.0 Å². The van der Waals surface area contributed by atoms with Crippen molar-refractivity contribution in [3.63, 3.8) is 0 Å². The molecular formula is C17H16O4S. The maximum Gasteiger partial charge on any atom is 0.311 e. The molecule has 2 rings (SSSR count). The topological polar surface area (TPSA) is 60.4 Å². The van der Waals surface area contributed by atoms with E-state index < -0.39 is 15.8 Å². The summed E-state index contributed by atoms with van der Waals surface area (Å²) in [5, 5.41) is 0. The summed E-state index contributed by atoms with van der Waals surface area (Å²) in [6.45, 7) is 3.62. The molecule has 0 aliphatic heterocycles. The van der Waals surface area contributed by atoms with Crippen LogP contribution in [-0.2, 0) is 26.0 Å². The quantitative estimate of drug-likeness (QED) is 0.768. The number of benzene rings is 2. The summed E-state index contributed by atoms with van der Waals surface area (Å²) < 4.78 is 29.5. The van der Waals surface area contributed by atoms with E-state index in [1.165, 1.54) is 12.1 Å². The summed E-state index contributed by atoms with van der Waals surface area (Å²) in [5.41, 5.74) is 0.840. The summed E-state index contributed by atoms with van der Waals surface area (Å²) in [6.07, 6.45) is -0.357. The maximum atomic E-state index is 12.2. The number of ether oxygens (including phenoxy) is 1. The second-order valence-electron chi connectivity index (χ2n) is 4.68. The number of sulfone groups is 1. The van der Waals surface area contributed by atoms with Crippen LogP contribution in [0, 0.1) is 0 Å². The molecule has 0 aromatic heterocycles. The molecule has 114 valence electrons. The predicted molar refractivity (Wildman–Crippen MR) is 83.6 cm³/mol. The van der Waals surface area contributed by atoms with Crippen molar-refractivity contribution >= 4 is 15.8 Å². The second kappa shape index (κ2) is 7.04. The number of esters is 1. The van der Waals surface area contributed by atoms with Gasteiger partial charge in [0.15, 0.2) is 0 Å². The lowest BCUT2D eigenvalue weighted by molar-refractivity contribution is -0.143. The van der Waals surface area contributed by atoms with Crippen LogP contribution in [0.2, 0.25) is 0 Å². The molecule has 0 saturated heterocycles. The van der Waals surface area contributed by atoms with Crippen molar-refractivity contribution in [2.45, 2.75) is 17.9 Å². The van der Waals surface area contributed by atoms with Crippen molar-refractivity contribution in [2.24, 2.45) is 0 Å². The third kappa shape index (κ3) is 4.05. The van der Waals surface area contributed by atoms with Crippen LogP contribution in [0.3, 0.4) is 0 Å². The van der Waals surface area contributed by atoms with Crippen LogP contribution in [0.25, 0.3) is 0 Å². The van der Waals surface area contributed by atoms with E-state index >= 15 is 0 Å². The molecule has 2 aromatic rings. The van der Waals surface area contributed by atoms with E-state index in [9.17, 15) is 13.2 Å². The van der Waals surface area contributed by atoms with Gasteiger partial charge in [-0.15, -0.1) is 0 Å². The SMILES string of the molecule is C=C(CC(=O)OCc1ccccc1)S(=O)(=O)c1ccccc1. The molecule has 22 heavy (non-hydrogen) atoms. The van der Waals surface area contributed by atoms with Crippen LogP contribution in [0.4, 0.5) is 0 Å². The minimum absolute atomic E-state index is 0.109. The molecule has 0 radical (unpaired) electrons. The summed E-state index contributed by atoms with van der Waals surface area (Å²) in [4.78, 5) is 11.7. The Morgan fingerprint density at radius 2 is 1.50 bits per heavy atom. The van der Waals surface area contributed by atoms with E-state index in [1.54, 1.807) is 18.2 Å². The zero-order chi connectivity index (χ0) is 16.0. The van der Waals surface area contributed by atoms with Gasteiger partial charge in [-0.3, -0.25) is 4.79 Å². The third-order valence-electron chi connectivity index (χ3n) is 3.02. The number of carbonyl (C=O) groups is 1. The van der Waals surface area contributed by atoms with Crippen molar-refractivity contribution in [3.8, 4) is 0 Å². The highest BCUT2D eigenvalue weighted by Gasteiger charge is 2.21. The zero-order valence-electron chi connectivity index (χ0n) is 11.9. The minimum Gasteiger partial charge on any atom is -0.461 e. The normalized spacial score (nSPS) is 10.9. The number of rotatable bonds is 6. The van der Waals surface area contributed by atoms with Crippen molar-refractivity contribution in [1.29, 1.82) is 0 Å². The van der Waals surface area contributed by atoms with Gasteiger partial charge in [-0.2, -0.15) is 0 Å². The average Bonchev–Trinajstić information content (AvgIpc) is 2.54. The molecule has 0 fully saturated rings. The van der Waals surface area contributed by atoms with E-state index in [4.69, 9.17) is 4.74 Å². The lowest BCUT2D eigenvalue weighted by atomic mass is 10.2. The van der Waals surface area contributed by atoms with Gasteiger partial charge >= 0.3 is 5.97 Å². The number of hydrogen-bond acceptors (Lipinski definition) is 4. The van der Waals surface area contributed by atoms with E-state index in [-0.39, 0.29) is 22.8 Å². The lowest BCUT2D eigenvalue weighted by Gasteiger charge is -2.08. The first-order valence-electron chi connectivity index (χ1n) is 6.67. The minimum atomic E-state index is -3.71. The summed E-state index contributed by atoms with van der Waals surface area (Å²) >= 11 is 0. The Bertz CT molecular complexity index is 750. The van der Waals surface area contributed by atoms with Gasteiger partial charge in [0.2, 0.25) is 9.84 Å². The number of hydrogen-bond donors (Lipinski definition) is 0. The van der Waals surface area contributed by atoms with Gasteiger partial charge in [0.25, 0.3) is 0 Å². The van der Waals surface area contributed by atoms with E-state index in [0.29, 0.717) is 0 Å². The standard InChI is InChI=1S/C17H16O4S/c1-14(22(19,20)16-10-6-3-7-11-16)12-17(18)21-13-15-8-4-2-5-9-15/h2-11H,1,12-13H2. The summed E-state index contributed by atoms with van der Waals surface area (Å²) in [6, 6.07) is 17.1. The van der Waals surface area contributed by atoms with Gasteiger partial charge in [0, 0.05) is 0 Å². The molecule has 0 amide bonds. The van der Waals surface area contributed by atoms with Crippen molar-refractivity contribution in [3.05, 3.63) is 77.7 Å². The second-order valence-corrected chi connectivity index (χ2v) is 6.73. The van der Waals surface area contributed by atoms with Gasteiger partial charge < -0.3 is 4.74 Å². The first-order valence-corrected chi connectivity index (χ1v) is 8.16. The fraction of sp³-hybridized carbons (Fsp3) is 0.118. The van der Waals surface area contributed by atoms with E-state index in [1.807, 2.05) is 30.3 Å². The first kappa shape index (κ1) is 16.0. The highest BCUT2D eigenvalue weighted by Crippen LogP contribution is 2.20. The van der Waals surface area contributed by atoms with Crippen LogP contribution >= 0.6 is 0 Å². The molecule has 0 spiro atoms. The van der Waals surface area contributed by atoms with Crippen LogP contribution < -0.4 is 0 Å². The van der Waals surface area contributed by atoms with E-state index in [0.717, 1.165) is 5.56 Å². The first-order chi connectivity index (χ1) is 10.5. The fourth-order valence-electron chi connectivity index (χ4n) is 1.81. The molecular weight excluding hydrogens is 300 g/mol. The summed E-state index contributed by atoms with van der Waals surface area (Å²) in [7, 11) is -3.71. The molecule has 0 unspecified atom stereocenters. The fourth-order valence-corrected chi connectivity index (χ4v) is 2.97. The smallest absolute Gasteiger partial charge is 0.311 e. The Morgan fingerprint density at radius 3 is 2.09 bits per heavy atom. The Balaban J connectivity index is 1.95. The summed E-state index contributed by atoms with van der Waals surface area (Å²) in [5.74, 6) is -0.617. The Labute approximate surface area is 130 Å². The Morgan fingerprint density at radius 1 is 0.955 bits per heavy atom. The van der Waals surface area contributed by atoms with E-state index in [2.05, 4.69) is 6.58 Å². The van der Waals surface area contributed by atoms with Gasteiger partial charge in [-0.1, -0.05) is 55.1 Å². The number of carbonyl (C=O) groups excluding carboxylic acids is 1. The van der Waals surface area contributed by atoms with Crippen LogP contribution in [0.1, 0.15) is 12.0 Å². The van der Waals surface area contributed by atoms with Crippen molar-refractivity contribution < 1.29 is 17.9 Å². The van der Waals surface area contributed by atoms with Crippen molar-refractivity contribution in [2.75, 3.05) is 0 Å². The predicted octanol–water partition coefficient (Wildman–Crippen LogP) is 3.11. The average molecular weight is 316 g/mol. The van der Waals surface area contributed by atoms with Crippen LogP contribution in [-0.4, -0.2) is 14.4 Å². The molecule has 0 heterocycles. The maximum absolute atomic E-state index is 12.2. The molecule has 0 atom stereocenters. The monoisotopic (exact) mass is 316 g/mol. The highest BCUT2D eigenvalue weighted by molar-refractivity contribution is 7.95. The van der Waals surface area contributed by atoms with Crippen LogP contribution in [0.5, 0.6) is 0 Å². The largest absolute Gasteiger partial charge is 0.461 e. The third-order valence-corrected chi connectivity index (χ3v) is 4.81. The van der Waals surface area contributed by atoms with Gasteiger partial charge in [-0.25, -0.2) is 8.42 Å². The Kier molecular flexibility index (Phi) is 5.12. The molecule has 0 aliphatic carbocycles. The molecule has 0 saturated carbocycles. The molecule has 5 heteroatoms. The van der Waals surface area contributed by atoms with Gasteiger partial charge in [0.05, 0.1) is 16.2 Å². The zero-order valence-corrected chi connectivity index (χ0v) is 12.8. The molecule has 0 aliphatic rings. The molecule has 4 nitrogen and oxygen atoms in total. The molecule has 0 N–H and O–H groups in total.